The van der Waals surface area contributed by atoms with Crippen molar-refractivity contribution < 1.29 is 0 Å². The first-order chi connectivity index (χ1) is 7.86. The van der Waals surface area contributed by atoms with Gasteiger partial charge in [0.1, 0.15) is 11.9 Å². The number of nitriles is 1. The first-order valence-electron chi connectivity index (χ1n) is 5.55. The number of rotatable bonds is 1. The normalized spacial score (nSPS) is 27.8. The number of fused-ring (bicyclic) bond motifs is 1. The molecule has 0 aromatic carbocycles. The molecular formula is C11H13N5. The topological polar surface area (TPSA) is 64.8 Å². The lowest BCUT2D eigenvalue weighted by atomic mass is 10.0. The highest BCUT2D eigenvalue weighted by molar-refractivity contribution is 5.41. The van der Waals surface area contributed by atoms with Gasteiger partial charge in [-0.1, -0.05) is 0 Å². The molecule has 0 saturated carbocycles. The van der Waals surface area contributed by atoms with E-state index in [0.29, 0.717) is 0 Å². The van der Waals surface area contributed by atoms with Gasteiger partial charge in [0.05, 0.1) is 0 Å². The highest BCUT2D eigenvalue weighted by atomic mass is 15.2. The van der Waals surface area contributed by atoms with E-state index in [2.05, 4.69) is 20.2 Å². The van der Waals surface area contributed by atoms with Gasteiger partial charge in [0, 0.05) is 32.4 Å². The van der Waals surface area contributed by atoms with Crippen LogP contribution in [0.4, 0.5) is 5.82 Å². The van der Waals surface area contributed by atoms with Crippen LogP contribution >= 0.6 is 0 Å². The molecule has 82 valence electrons. The smallest absolute Gasteiger partial charge is 0.234 e. The van der Waals surface area contributed by atoms with Crippen LogP contribution in [0.1, 0.15) is 5.82 Å². The maximum absolute atomic E-state index is 8.76. The van der Waals surface area contributed by atoms with Crippen molar-refractivity contribution in [2.45, 2.75) is 0 Å². The summed E-state index contributed by atoms with van der Waals surface area (Å²) in [4.78, 5) is 10.4. The average molecular weight is 215 g/mol. The van der Waals surface area contributed by atoms with E-state index in [4.69, 9.17) is 5.26 Å². The van der Waals surface area contributed by atoms with Gasteiger partial charge in [0.25, 0.3) is 0 Å². The molecule has 5 heteroatoms. The van der Waals surface area contributed by atoms with Crippen LogP contribution < -0.4 is 10.2 Å². The molecule has 0 amide bonds. The third-order valence-corrected chi connectivity index (χ3v) is 3.45. The van der Waals surface area contributed by atoms with Crippen molar-refractivity contribution in [2.75, 3.05) is 31.1 Å². The second-order valence-corrected chi connectivity index (χ2v) is 4.43. The number of hydrogen-bond donors (Lipinski definition) is 1. The summed E-state index contributed by atoms with van der Waals surface area (Å²) in [5.74, 6) is 2.62. The molecule has 2 saturated heterocycles. The summed E-state index contributed by atoms with van der Waals surface area (Å²) in [6.45, 7) is 4.30. The lowest BCUT2D eigenvalue weighted by molar-refractivity contribution is 0.533. The fraction of sp³-hybridized carbons (Fsp3) is 0.545. The minimum atomic E-state index is 0.257. The molecule has 5 nitrogen and oxygen atoms in total. The van der Waals surface area contributed by atoms with Crippen molar-refractivity contribution in [3.05, 3.63) is 18.1 Å². The van der Waals surface area contributed by atoms with Gasteiger partial charge in [0.2, 0.25) is 5.82 Å². The van der Waals surface area contributed by atoms with E-state index in [0.717, 1.165) is 43.8 Å². The molecule has 2 atom stereocenters. The Hall–Kier alpha value is -1.67. The predicted molar refractivity (Wildman–Crippen MR) is 58.8 cm³/mol. The van der Waals surface area contributed by atoms with Crippen LogP contribution in [0.5, 0.6) is 0 Å². The molecule has 16 heavy (non-hydrogen) atoms. The van der Waals surface area contributed by atoms with Crippen LogP contribution in [-0.4, -0.2) is 36.1 Å². The quantitative estimate of drug-likeness (QED) is 0.714. The van der Waals surface area contributed by atoms with Crippen LogP contribution in [0.3, 0.4) is 0 Å². The summed E-state index contributed by atoms with van der Waals surface area (Å²) >= 11 is 0. The second-order valence-electron chi connectivity index (χ2n) is 4.43. The Labute approximate surface area is 94.1 Å². The van der Waals surface area contributed by atoms with Crippen molar-refractivity contribution in [2.24, 2.45) is 11.8 Å². The Morgan fingerprint density at radius 2 is 2.12 bits per heavy atom. The van der Waals surface area contributed by atoms with Crippen LogP contribution in [0.2, 0.25) is 0 Å². The first kappa shape index (κ1) is 9.55. The third-order valence-electron chi connectivity index (χ3n) is 3.45. The molecule has 2 aliphatic rings. The maximum Gasteiger partial charge on any atom is 0.234 e. The van der Waals surface area contributed by atoms with E-state index in [9.17, 15) is 0 Å². The molecule has 3 heterocycles. The molecule has 1 aromatic rings. The summed E-state index contributed by atoms with van der Waals surface area (Å²) in [5.41, 5.74) is 0. The highest BCUT2D eigenvalue weighted by Gasteiger charge is 2.36. The van der Waals surface area contributed by atoms with E-state index in [1.807, 2.05) is 12.1 Å². The molecular weight excluding hydrogens is 202 g/mol. The van der Waals surface area contributed by atoms with Crippen molar-refractivity contribution >= 4 is 5.82 Å². The first-order valence-corrected chi connectivity index (χ1v) is 5.55. The van der Waals surface area contributed by atoms with Crippen molar-refractivity contribution in [1.29, 1.82) is 5.26 Å². The molecule has 2 fully saturated rings. The zero-order chi connectivity index (χ0) is 11.0. The van der Waals surface area contributed by atoms with Crippen molar-refractivity contribution in [3.63, 3.8) is 0 Å². The molecule has 0 radical (unpaired) electrons. The van der Waals surface area contributed by atoms with Crippen LogP contribution in [0, 0.1) is 23.2 Å². The molecule has 1 N–H and O–H groups in total. The Balaban J connectivity index is 1.81. The van der Waals surface area contributed by atoms with E-state index < -0.39 is 0 Å². The predicted octanol–water partition coefficient (Wildman–Crippen LogP) is 0.00388. The van der Waals surface area contributed by atoms with E-state index in [1.165, 1.54) is 0 Å². The zero-order valence-corrected chi connectivity index (χ0v) is 8.93. The third kappa shape index (κ3) is 1.51. The number of nitrogens with one attached hydrogen (secondary N) is 1. The van der Waals surface area contributed by atoms with Crippen LogP contribution in [0.15, 0.2) is 12.3 Å². The van der Waals surface area contributed by atoms with Gasteiger partial charge in [-0.05, 0) is 17.9 Å². The largest absolute Gasteiger partial charge is 0.356 e. The molecule has 3 rings (SSSR count). The van der Waals surface area contributed by atoms with E-state index >= 15 is 0 Å². The number of anilines is 1. The summed E-state index contributed by atoms with van der Waals surface area (Å²) < 4.78 is 0. The average Bonchev–Trinajstić information content (AvgIpc) is 2.89. The van der Waals surface area contributed by atoms with Gasteiger partial charge in [-0.15, -0.1) is 0 Å². The minimum Gasteiger partial charge on any atom is -0.356 e. The van der Waals surface area contributed by atoms with Gasteiger partial charge in [-0.25, -0.2) is 9.97 Å². The Kier molecular flexibility index (Phi) is 2.22. The van der Waals surface area contributed by atoms with Gasteiger partial charge >= 0.3 is 0 Å². The lowest BCUT2D eigenvalue weighted by Crippen LogP contribution is -2.26. The molecule has 0 aliphatic carbocycles. The fourth-order valence-electron chi connectivity index (χ4n) is 2.62. The molecule has 2 aliphatic heterocycles. The SMILES string of the molecule is N#Cc1nccc(N2C[C@H]3CNC[C@@H]3C2)n1. The zero-order valence-electron chi connectivity index (χ0n) is 8.93. The maximum atomic E-state index is 8.76. The minimum absolute atomic E-state index is 0.257. The Morgan fingerprint density at radius 1 is 1.38 bits per heavy atom. The fourth-order valence-corrected chi connectivity index (χ4v) is 2.62. The van der Waals surface area contributed by atoms with Gasteiger partial charge in [-0.2, -0.15) is 5.26 Å². The van der Waals surface area contributed by atoms with Crippen molar-refractivity contribution in [3.8, 4) is 6.07 Å². The number of hydrogen-bond acceptors (Lipinski definition) is 5. The van der Waals surface area contributed by atoms with Gasteiger partial charge in [-0.3, -0.25) is 0 Å². The standard InChI is InChI=1S/C11H13N5/c12-3-10-14-2-1-11(15-10)16-6-8-4-13-5-9(8)7-16/h1-2,8-9,13H,4-7H2/t8-,9-/m1/s1. The van der Waals surface area contributed by atoms with Crippen LogP contribution in [0.25, 0.3) is 0 Å². The molecule has 0 unspecified atom stereocenters. The van der Waals surface area contributed by atoms with Gasteiger partial charge in [0.15, 0.2) is 0 Å². The van der Waals surface area contributed by atoms with Gasteiger partial charge < -0.3 is 10.2 Å². The number of nitrogens with zero attached hydrogens (tertiary/aromatic N) is 4. The van der Waals surface area contributed by atoms with E-state index in [-0.39, 0.29) is 5.82 Å². The highest BCUT2D eigenvalue weighted by Crippen LogP contribution is 2.29. The Bertz CT molecular complexity index is 426. The monoisotopic (exact) mass is 215 g/mol. The summed E-state index contributed by atoms with van der Waals surface area (Å²) in [6, 6.07) is 3.86. The second kappa shape index (κ2) is 3.72. The summed E-state index contributed by atoms with van der Waals surface area (Å²) in [7, 11) is 0. The summed E-state index contributed by atoms with van der Waals surface area (Å²) in [6.07, 6.45) is 1.66. The molecule has 0 spiro atoms. The molecule has 1 aromatic heterocycles. The number of aromatic nitrogens is 2. The molecule has 0 bridgehead atoms. The summed E-state index contributed by atoms with van der Waals surface area (Å²) in [5, 5.41) is 12.2. The lowest BCUT2D eigenvalue weighted by Gasteiger charge is -2.17. The van der Waals surface area contributed by atoms with E-state index in [1.54, 1.807) is 6.20 Å². The Morgan fingerprint density at radius 3 is 2.81 bits per heavy atom. The van der Waals surface area contributed by atoms with Crippen LogP contribution in [-0.2, 0) is 0 Å². The van der Waals surface area contributed by atoms with Crippen molar-refractivity contribution in [1.82, 2.24) is 15.3 Å².